The Morgan fingerprint density at radius 1 is 1.28 bits per heavy atom. The Bertz CT molecular complexity index is 497. The lowest BCUT2D eigenvalue weighted by Crippen LogP contribution is -2.22. The number of nitrogens with one attached hydrogen (secondary N) is 1. The Balaban J connectivity index is 2.18. The Morgan fingerprint density at radius 3 is 2.72 bits per heavy atom. The number of halogens is 2. The lowest BCUT2D eigenvalue weighted by molar-refractivity contribution is 0.558. The third-order valence-corrected chi connectivity index (χ3v) is 4.35. The maximum absolute atomic E-state index is 6.23. The Labute approximate surface area is 122 Å². The van der Waals surface area contributed by atoms with Crippen molar-refractivity contribution in [3.63, 3.8) is 0 Å². The van der Waals surface area contributed by atoms with Crippen molar-refractivity contribution in [2.75, 3.05) is 6.54 Å². The zero-order valence-electron chi connectivity index (χ0n) is 10.1. The largest absolute Gasteiger partial charge is 0.309 e. The quantitative estimate of drug-likeness (QED) is 0.824. The first kappa shape index (κ1) is 13.9. The summed E-state index contributed by atoms with van der Waals surface area (Å²) in [6.07, 6.45) is 0.879. The first-order valence-corrected chi connectivity index (χ1v) is 7.55. The predicted octanol–water partition coefficient (Wildman–Crippen LogP) is 4.95. The van der Waals surface area contributed by atoms with Crippen molar-refractivity contribution in [1.29, 1.82) is 0 Å². The number of hydrogen-bond acceptors (Lipinski definition) is 2. The maximum Gasteiger partial charge on any atom is 0.0456 e. The molecule has 0 radical (unpaired) electrons. The van der Waals surface area contributed by atoms with Gasteiger partial charge in [0.1, 0.15) is 0 Å². The molecule has 1 nitrogen and oxygen atoms in total. The molecule has 1 atom stereocenters. The smallest absolute Gasteiger partial charge is 0.0456 e. The zero-order chi connectivity index (χ0) is 13.0. The van der Waals surface area contributed by atoms with Gasteiger partial charge in [0.15, 0.2) is 0 Å². The number of benzene rings is 1. The van der Waals surface area contributed by atoms with Crippen LogP contribution in [0.5, 0.6) is 0 Å². The fourth-order valence-electron chi connectivity index (χ4n) is 1.92. The zero-order valence-corrected chi connectivity index (χ0v) is 12.4. The molecule has 1 unspecified atom stereocenters. The molecule has 0 saturated heterocycles. The van der Waals surface area contributed by atoms with E-state index < -0.39 is 0 Å². The van der Waals surface area contributed by atoms with Crippen LogP contribution in [0.3, 0.4) is 0 Å². The molecule has 0 aliphatic carbocycles. The molecule has 0 bridgehead atoms. The van der Waals surface area contributed by atoms with Crippen LogP contribution in [0.4, 0.5) is 0 Å². The Hall–Kier alpha value is -0.540. The highest BCUT2D eigenvalue weighted by Crippen LogP contribution is 2.28. The summed E-state index contributed by atoms with van der Waals surface area (Å²) in [5.41, 5.74) is 1.13. The first-order chi connectivity index (χ1) is 8.70. The minimum absolute atomic E-state index is 0.314. The topological polar surface area (TPSA) is 12.0 Å². The minimum Gasteiger partial charge on any atom is -0.309 e. The summed E-state index contributed by atoms with van der Waals surface area (Å²) >= 11 is 13.9. The SMILES string of the molecule is CCNC(Cc1ccc(Cl)cc1Cl)c1cccs1. The van der Waals surface area contributed by atoms with Crippen LogP contribution in [0, 0.1) is 0 Å². The first-order valence-electron chi connectivity index (χ1n) is 5.91. The van der Waals surface area contributed by atoms with E-state index >= 15 is 0 Å². The molecule has 1 aromatic carbocycles. The van der Waals surface area contributed by atoms with Crippen LogP contribution in [-0.4, -0.2) is 6.54 Å². The lowest BCUT2D eigenvalue weighted by Gasteiger charge is -2.17. The summed E-state index contributed by atoms with van der Waals surface area (Å²) in [7, 11) is 0. The Kier molecular flexibility index (Phi) is 5.07. The third kappa shape index (κ3) is 3.48. The van der Waals surface area contributed by atoms with Crippen molar-refractivity contribution < 1.29 is 0 Å². The second kappa shape index (κ2) is 6.58. The second-order valence-electron chi connectivity index (χ2n) is 4.07. The molecule has 18 heavy (non-hydrogen) atoms. The van der Waals surface area contributed by atoms with Crippen molar-refractivity contribution in [3.05, 3.63) is 56.2 Å². The van der Waals surface area contributed by atoms with Gasteiger partial charge in [-0.3, -0.25) is 0 Å². The highest BCUT2D eigenvalue weighted by Gasteiger charge is 2.14. The van der Waals surface area contributed by atoms with E-state index in [1.165, 1.54) is 4.88 Å². The third-order valence-electron chi connectivity index (χ3n) is 2.78. The van der Waals surface area contributed by atoms with Gasteiger partial charge in [-0.1, -0.05) is 42.3 Å². The van der Waals surface area contributed by atoms with Crippen molar-refractivity contribution in [3.8, 4) is 0 Å². The van der Waals surface area contributed by atoms with Gasteiger partial charge >= 0.3 is 0 Å². The monoisotopic (exact) mass is 299 g/mol. The number of hydrogen-bond donors (Lipinski definition) is 1. The van der Waals surface area contributed by atoms with Gasteiger partial charge in [0.2, 0.25) is 0 Å². The number of thiophene rings is 1. The molecule has 2 aromatic rings. The van der Waals surface area contributed by atoms with Crippen molar-refractivity contribution in [2.45, 2.75) is 19.4 Å². The molecule has 96 valence electrons. The van der Waals surface area contributed by atoms with Gasteiger partial charge in [-0.15, -0.1) is 11.3 Å². The molecule has 1 N–H and O–H groups in total. The van der Waals surface area contributed by atoms with Crippen LogP contribution in [0.25, 0.3) is 0 Å². The minimum atomic E-state index is 0.314. The van der Waals surface area contributed by atoms with Crippen molar-refractivity contribution in [2.24, 2.45) is 0 Å². The molecular formula is C14H15Cl2NS. The molecule has 0 aliphatic heterocycles. The van der Waals surface area contributed by atoms with E-state index in [9.17, 15) is 0 Å². The van der Waals surface area contributed by atoms with Gasteiger partial charge in [-0.05, 0) is 42.1 Å². The Morgan fingerprint density at radius 2 is 2.11 bits per heavy atom. The summed E-state index contributed by atoms with van der Waals surface area (Å²) in [4.78, 5) is 1.34. The van der Waals surface area contributed by atoms with E-state index in [2.05, 4.69) is 29.8 Å². The molecule has 4 heteroatoms. The number of likely N-dealkylation sites (N-methyl/N-ethyl adjacent to an activating group) is 1. The van der Waals surface area contributed by atoms with Gasteiger partial charge in [0.05, 0.1) is 0 Å². The average Bonchev–Trinajstić information content (AvgIpc) is 2.85. The highest BCUT2D eigenvalue weighted by molar-refractivity contribution is 7.10. The van der Waals surface area contributed by atoms with Crippen LogP contribution < -0.4 is 5.32 Å². The van der Waals surface area contributed by atoms with Crippen LogP contribution in [0.1, 0.15) is 23.4 Å². The van der Waals surface area contributed by atoms with E-state index in [4.69, 9.17) is 23.2 Å². The average molecular weight is 300 g/mol. The lowest BCUT2D eigenvalue weighted by atomic mass is 10.0. The summed E-state index contributed by atoms with van der Waals surface area (Å²) in [5.74, 6) is 0. The van der Waals surface area contributed by atoms with Crippen LogP contribution >= 0.6 is 34.5 Å². The van der Waals surface area contributed by atoms with Crippen LogP contribution in [0.15, 0.2) is 35.7 Å². The van der Waals surface area contributed by atoms with Gasteiger partial charge in [0.25, 0.3) is 0 Å². The molecule has 1 heterocycles. The summed E-state index contributed by atoms with van der Waals surface area (Å²) < 4.78 is 0. The highest BCUT2D eigenvalue weighted by atomic mass is 35.5. The van der Waals surface area contributed by atoms with E-state index in [0.29, 0.717) is 11.1 Å². The summed E-state index contributed by atoms with van der Waals surface area (Å²) in [5, 5.41) is 7.01. The maximum atomic E-state index is 6.23. The molecular weight excluding hydrogens is 285 g/mol. The molecule has 1 aromatic heterocycles. The standard InChI is InChI=1S/C14H15Cl2NS/c1-2-17-13(14-4-3-7-18-14)8-10-5-6-11(15)9-12(10)16/h3-7,9,13,17H,2,8H2,1H3. The normalized spacial score (nSPS) is 12.6. The fraction of sp³-hybridized carbons (Fsp3) is 0.286. The summed E-state index contributed by atoms with van der Waals surface area (Å²) in [6, 6.07) is 10.2. The molecule has 0 spiro atoms. The van der Waals surface area contributed by atoms with E-state index in [-0.39, 0.29) is 0 Å². The van der Waals surface area contributed by atoms with Gasteiger partial charge in [0, 0.05) is 21.0 Å². The molecule has 2 rings (SSSR count). The van der Waals surface area contributed by atoms with E-state index in [1.54, 1.807) is 17.4 Å². The fourth-order valence-corrected chi connectivity index (χ4v) is 3.20. The molecule has 0 fully saturated rings. The van der Waals surface area contributed by atoms with Crippen LogP contribution in [-0.2, 0) is 6.42 Å². The second-order valence-corrected chi connectivity index (χ2v) is 5.89. The molecule has 0 aliphatic rings. The van der Waals surface area contributed by atoms with E-state index in [1.807, 2.05) is 12.1 Å². The van der Waals surface area contributed by atoms with Crippen molar-refractivity contribution in [1.82, 2.24) is 5.32 Å². The van der Waals surface area contributed by atoms with E-state index in [0.717, 1.165) is 23.6 Å². The van der Waals surface area contributed by atoms with Gasteiger partial charge in [-0.25, -0.2) is 0 Å². The number of rotatable bonds is 5. The molecule has 0 saturated carbocycles. The van der Waals surface area contributed by atoms with Gasteiger partial charge < -0.3 is 5.32 Å². The predicted molar refractivity (Wildman–Crippen MR) is 80.9 cm³/mol. The van der Waals surface area contributed by atoms with Gasteiger partial charge in [-0.2, -0.15) is 0 Å². The summed E-state index contributed by atoms with van der Waals surface area (Å²) in [6.45, 7) is 3.05. The van der Waals surface area contributed by atoms with Crippen LogP contribution in [0.2, 0.25) is 10.0 Å². The van der Waals surface area contributed by atoms with Crippen molar-refractivity contribution >= 4 is 34.5 Å². The molecule has 0 amide bonds.